The maximum absolute atomic E-state index is 13.8. The summed E-state index contributed by atoms with van der Waals surface area (Å²) in [7, 11) is 0. The van der Waals surface area contributed by atoms with Gasteiger partial charge in [-0.15, -0.1) is 8.78 Å². The first-order chi connectivity index (χ1) is 15.6. The maximum Gasteiger partial charge on any atom is 0.493 e. The second-order valence-electron chi connectivity index (χ2n) is 6.38. The third-order valence-corrected chi connectivity index (χ3v) is 3.16. The minimum Gasteiger partial charge on any atom is -0.331 e. The third-order valence-electron chi connectivity index (χ3n) is 3.16. The van der Waals surface area contributed by atoms with E-state index in [4.69, 9.17) is 5.11 Å². The highest BCUT2D eigenvalue weighted by Gasteiger charge is 2.85. The first kappa shape index (κ1) is 35.4. The third kappa shape index (κ3) is 7.29. The minimum atomic E-state index is -8.25. The van der Waals surface area contributed by atoms with Gasteiger partial charge >= 0.3 is 54.8 Å². The normalized spacial score (nSPS) is 19.0. The first-order valence-corrected chi connectivity index (χ1v) is 7.82. The van der Waals surface area contributed by atoms with E-state index >= 15 is 0 Å². The van der Waals surface area contributed by atoms with Gasteiger partial charge in [-0.2, -0.15) is 70.2 Å². The number of alkyl halides is 20. The summed E-state index contributed by atoms with van der Waals surface area (Å²) >= 11 is 0. The Morgan fingerprint density at radius 3 is 1.22 bits per heavy atom. The van der Waals surface area contributed by atoms with Crippen molar-refractivity contribution in [2.75, 3.05) is 6.67 Å². The molecule has 0 amide bonds. The summed E-state index contributed by atoms with van der Waals surface area (Å²) in [6.45, 7) is -3.03. The van der Waals surface area contributed by atoms with Crippen LogP contribution in [0, 0.1) is 0 Å². The molecule has 0 aliphatic heterocycles. The molecule has 0 heterocycles. The van der Waals surface area contributed by atoms with Crippen molar-refractivity contribution in [1.29, 1.82) is 0 Å². The average Bonchev–Trinajstić information content (AvgIpc) is 2.55. The molecule has 224 valence electrons. The molecule has 37 heavy (non-hydrogen) atoms. The van der Waals surface area contributed by atoms with E-state index in [-0.39, 0.29) is 6.92 Å². The van der Waals surface area contributed by atoms with Gasteiger partial charge in [-0.05, 0) is 6.92 Å². The van der Waals surface area contributed by atoms with Gasteiger partial charge in [-0.1, -0.05) is 0 Å². The molecule has 2 unspecified atom stereocenters. The van der Waals surface area contributed by atoms with Gasteiger partial charge in [0.25, 0.3) is 0 Å². The van der Waals surface area contributed by atoms with E-state index in [0.717, 1.165) is 0 Å². The molecular formula is C12H6F20O5. The molecular weight excluding hydrogens is 604 g/mol. The van der Waals surface area contributed by atoms with Gasteiger partial charge in [0, 0.05) is 0 Å². The van der Waals surface area contributed by atoms with Crippen molar-refractivity contribution in [2.45, 2.75) is 67.6 Å². The monoisotopic (exact) mass is 610 g/mol. The lowest BCUT2D eigenvalue weighted by Gasteiger charge is -2.40. The Kier molecular flexibility index (Phi) is 9.13. The van der Waals surface area contributed by atoms with Gasteiger partial charge in [0.1, 0.15) is 6.67 Å². The average molecular weight is 610 g/mol. The summed E-state index contributed by atoms with van der Waals surface area (Å²) in [5.41, 5.74) is 0. The van der Waals surface area contributed by atoms with E-state index in [1.54, 1.807) is 4.74 Å². The van der Waals surface area contributed by atoms with Gasteiger partial charge in [0.15, 0.2) is 0 Å². The van der Waals surface area contributed by atoms with Crippen LogP contribution in [0.3, 0.4) is 0 Å². The molecule has 0 aromatic rings. The highest BCUT2D eigenvalue weighted by Crippen LogP contribution is 2.56. The second-order valence-corrected chi connectivity index (χ2v) is 6.38. The highest BCUT2D eigenvalue weighted by atomic mass is 19.4. The zero-order valence-electron chi connectivity index (χ0n) is 16.3. The summed E-state index contributed by atoms with van der Waals surface area (Å²) in [4.78, 5) is 0. The largest absolute Gasteiger partial charge is 0.493 e. The molecule has 0 aromatic carbocycles. The van der Waals surface area contributed by atoms with Crippen molar-refractivity contribution in [3.05, 3.63) is 0 Å². The van der Waals surface area contributed by atoms with Gasteiger partial charge in [-0.25, -0.2) is 18.3 Å². The van der Waals surface area contributed by atoms with Crippen LogP contribution in [-0.4, -0.2) is 72.4 Å². The van der Waals surface area contributed by atoms with Crippen LogP contribution in [-0.2, 0) is 18.9 Å². The molecule has 5 nitrogen and oxygen atoms in total. The quantitative estimate of drug-likeness (QED) is 0.203. The fourth-order valence-corrected chi connectivity index (χ4v) is 1.49. The Labute approximate surface area is 187 Å². The van der Waals surface area contributed by atoms with Gasteiger partial charge in [0.05, 0.1) is 0 Å². The van der Waals surface area contributed by atoms with E-state index in [9.17, 15) is 87.8 Å². The molecule has 0 saturated heterocycles. The number of aliphatic hydroxyl groups is 1. The summed E-state index contributed by atoms with van der Waals surface area (Å²) < 4.78 is 265. The summed E-state index contributed by atoms with van der Waals surface area (Å²) in [5.74, 6) is -20.4. The second kappa shape index (κ2) is 9.55. The number of hydrogen-bond acceptors (Lipinski definition) is 5. The van der Waals surface area contributed by atoms with Crippen molar-refractivity contribution in [3.8, 4) is 0 Å². The highest BCUT2D eigenvalue weighted by molar-refractivity contribution is 4.94. The van der Waals surface area contributed by atoms with E-state index in [0.29, 0.717) is 0 Å². The lowest BCUT2D eigenvalue weighted by atomic mass is 10.2. The molecule has 0 rings (SSSR count). The molecule has 0 fully saturated rings. The van der Waals surface area contributed by atoms with E-state index in [1.165, 1.54) is 9.47 Å². The van der Waals surface area contributed by atoms with Crippen LogP contribution < -0.4 is 0 Å². The van der Waals surface area contributed by atoms with Gasteiger partial charge < -0.3 is 5.11 Å². The van der Waals surface area contributed by atoms with E-state index in [1.807, 2.05) is 0 Å². The molecule has 0 bridgehead atoms. The van der Waals surface area contributed by atoms with Crippen molar-refractivity contribution in [1.82, 2.24) is 0 Å². The molecule has 0 aliphatic rings. The predicted octanol–water partition coefficient (Wildman–Crippen LogP) is 6.08. The van der Waals surface area contributed by atoms with Crippen molar-refractivity contribution in [3.63, 3.8) is 0 Å². The Hall–Kier alpha value is -1.60. The molecule has 0 saturated carbocycles. The molecule has 0 aromatic heterocycles. The van der Waals surface area contributed by atoms with Crippen LogP contribution in [0.2, 0.25) is 0 Å². The van der Waals surface area contributed by atoms with E-state index < -0.39 is 67.3 Å². The van der Waals surface area contributed by atoms with Crippen LogP contribution in [0.4, 0.5) is 87.8 Å². The predicted molar refractivity (Wildman–Crippen MR) is 66.6 cm³/mol. The number of halogens is 20. The van der Waals surface area contributed by atoms with Crippen LogP contribution in [0.5, 0.6) is 0 Å². The van der Waals surface area contributed by atoms with Crippen LogP contribution in [0.15, 0.2) is 0 Å². The maximum atomic E-state index is 13.8. The lowest BCUT2D eigenvalue weighted by molar-refractivity contribution is -0.588. The molecule has 2 atom stereocenters. The standard InChI is InChI=1S/C12H6F20O5/c1-3(14,2-13)34-12(31,32)37-11(29,30)10(27,28)36-9(25,26)5(17,6(18,19)20)35-8(23,24)4(15,16)7(21,22)33/h33H,2H2,1H3. The Morgan fingerprint density at radius 1 is 0.514 bits per heavy atom. The molecule has 0 spiro atoms. The molecule has 1 N–H and O–H groups in total. The van der Waals surface area contributed by atoms with Gasteiger partial charge in [0.2, 0.25) is 5.85 Å². The Morgan fingerprint density at radius 2 is 0.892 bits per heavy atom. The molecule has 25 heteroatoms. The van der Waals surface area contributed by atoms with Crippen LogP contribution in [0.25, 0.3) is 0 Å². The SMILES string of the molecule is CC(F)(CF)OC(F)(F)OC(F)(F)C(F)(F)OC(F)(F)C(F)(OC(F)(F)C(F)(F)C(O)(F)F)C(F)(F)F. The van der Waals surface area contributed by atoms with Gasteiger partial charge in [-0.3, -0.25) is 9.47 Å². The first-order valence-electron chi connectivity index (χ1n) is 7.82. The van der Waals surface area contributed by atoms with Crippen LogP contribution in [0.1, 0.15) is 6.92 Å². The summed E-state index contributed by atoms with van der Waals surface area (Å²) in [6, 6.07) is 0. The Bertz CT molecular complexity index is 788. The molecule has 0 aliphatic carbocycles. The van der Waals surface area contributed by atoms with E-state index in [2.05, 4.69) is 4.74 Å². The zero-order valence-corrected chi connectivity index (χ0v) is 16.3. The topological polar surface area (TPSA) is 57.2 Å². The lowest BCUT2D eigenvalue weighted by Crippen LogP contribution is -2.67. The number of hydrogen-bond donors (Lipinski definition) is 1. The fraction of sp³-hybridized carbons (Fsp3) is 1.00. The van der Waals surface area contributed by atoms with Crippen LogP contribution >= 0.6 is 0 Å². The van der Waals surface area contributed by atoms with Crippen molar-refractivity contribution < 1.29 is 112 Å². The fourth-order valence-electron chi connectivity index (χ4n) is 1.49. The summed E-state index contributed by atoms with van der Waals surface area (Å²) in [6.07, 6.45) is -53.3. The number of rotatable bonds is 13. The smallest absolute Gasteiger partial charge is 0.331 e. The minimum absolute atomic E-state index is 0.352. The Balaban J connectivity index is 6.44. The number of ether oxygens (including phenoxy) is 4. The van der Waals surface area contributed by atoms with Crippen molar-refractivity contribution >= 4 is 0 Å². The summed E-state index contributed by atoms with van der Waals surface area (Å²) in [5, 5.41) is 7.55. The zero-order chi connectivity index (χ0) is 30.5. The molecule has 0 radical (unpaired) electrons. The van der Waals surface area contributed by atoms with Crippen molar-refractivity contribution in [2.24, 2.45) is 0 Å².